The molecule has 0 bridgehead atoms. The number of nitrogens with one attached hydrogen (secondary N) is 6. The zero-order valence-corrected chi connectivity index (χ0v) is 62.4. The Morgan fingerprint density at radius 3 is 1.56 bits per heavy atom. The van der Waals surface area contributed by atoms with Gasteiger partial charge in [0.15, 0.2) is 0 Å². The second-order valence-corrected chi connectivity index (χ2v) is 28.8. The molecule has 0 spiro atoms. The minimum absolute atomic E-state index is 0.0280. The van der Waals surface area contributed by atoms with Crippen molar-refractivity contribution in [1.29, 1.82) is 0 Å². The lowest BCUT2D eigenvalue weighted by Gasteiger charge is -2.37. The number of hydrogen-bond donors (Lipinski definition) is 7. The fourth-order valence-electron chi connectivity index (χ4n) is 12.8. The molecule has 5 rings (SSSR count). The molecule has 2 heterocycles. The number of carbonyl (C=O) groups excluding carboxylic acids is 13. The number of benzene rings is 3. The molecule has 0 radical (unpaired) electrons. The maximum absolute atomic E-state index is 15.5. The maximum atomic E-state index is 15.5. The number of rotatable bonds is 18. The Bertz CT molecular complexity index is 3370. The zero-order chi connectivity index (χ0) is 76.0. The van der Waals surface area contributed by atoms with E-state index in [1.54, 1.807) is 144 Å². The molecule has 13 amide bonds. The molecule has 0 unspecified atom stereocenters. The number of nitrogens with zero attached hydrogens (tertiary/aromatic N) is 7. The Hall–Kier alpha value is -9.27. The molecule has 2 aliphatic heterocycles. The maximum Gasteiger partial charge on any atom is 0.248 e. The van der Waals surface area contributed by atoms with Crippen LogP contribution in [0.2, 0.25) is 0 Å². The minimum atomic E-state index is -1.83. The fourth-order valence-corrected chi connectivity index (χ4v) is 12.8. The third-order valence-electron chi connectivity index (χ3n) is 18.9. The third-order valence-corrected chi connectivity index (χ3v) is 18.9. The Kier molecular flexibility index (Phi) is 32.1. The van der Waals surface area contributed by atoms with Crippen molar-refractivity contribution >= 4 is 76.8 Å². The Labute approximate surface area is 601 Å². The van der Waals surface area contributed by atoms with E-state index < -0.39 is 169 Å². The van der Waals surface area contributed by atoms with Gasteiger partial charge in [0, 0.05) is 74.6 Å². The monoisotopic (exact) mass is 1420 g/mol. The highest BCUT2D eigenvalue weighted by Gasteiger charge is 2.43. The first-order valence-electron chi connectivity index (χ1n) is 35.5. The molecule has 2 fully saturated rings. The highest BCUT2D eigenvalue weighted by atomic mass is 16.3. The van der Waals surface area contributed by atoms with E-state index in [2.05, 4.69) is 31.9 Å². The van der Waals surface area contributed by atoms with Crippen molar-refractivity contribution in [2.24, 2.45) is 23.7 Å². The van der Waals surface area contributed by atoms with Crippen molar-refractivity contribution in [3.8, 4) is 0 Å². The first kappa shape index (κ1) is 83.4. The van der Waals surface area contributed by atoms with E-state index in [-0.39, 0.29) is 49.8 Å². The van der Waals surface area contributed by atoms with Gasteiger partial charge < -0.3 is 71.3 Å². The van der Waals surface area contributed by atoms with E-state index in [0.717, 1.165) is 43.8 Å². The molecule has 2 aliphatic rings. The molecule has 2 saturated heterocycles. The molecule has 102 heavy (non-hydrogen) atoms. The number of amides is 13. The molecule has 7 N–H and O–H groups in total. The number of aliphatic hydroxyl groups excluding tert-OH is 1. The van der Waals surface area contributed by atoms with Crippen molar-refractivity contribution in [1.82, 2.24) is 66.2 Å². The highest BCUT2D eigenvalue weighted by molar-refractivity contribution is 6.00. The first-order chi connectivity index (χ1) is 48.0. The van der Waals surface area contributed by atoms with Gasteiger partial charge in [0.25, 0.3) is 0 Å². The molecule has 0 aromatic heterocycles. The van der Waals surface area contributed by atoms with Crippen LogP contribution in [0.4, 0.5) is 0 Å². The second-order valence-electron chi connectivity index (χ2n) is 28.8. The zero-order valence-electron chi connectivity index (χ0n) is 62.4. The summed E-state index contributed by atoms with van der Waals surface area (Å²) in [6.45, 7) is 16.4. The standard InChI is InChI=1S/C75H111N13O14/c1-45(2)37-56-67(94)76-43-62(92)87(16)65(48(7)8)70(97)78-54(39-51-29-21-17-22-30-51)66(93)79-55(72(99)83(12)58(40-52-31-23-18-24-32-52)68(95)77-49(9)71(98)88-35-27-20-28-36-88)42-61(91)82(11)44-60(90)80-63(47(5)6)74(101)85(14)57(38-46(3)4)69(96)81-64(50(10)89)75(102)86(15)59(73(100)84(56)13)41-53-33-25-19-26-34-53/h17-19,21-26,29-34,45-50,54-59,63-65,89H,20,27-28,35-44H2,1-16H3,(H,76,94)(H,77,95)(H,78,97)(H,79,93)(H,80,90)(H,81,96)/t49-,50+,54-,55-,56-,57-,58-,59-,63-,64-,65-/m0/s1. The normalized spacial score (nSPS) is 23.3. The van der Waals surface area contributed by atoms with Gasteiger partial charge in [-0.2, -0.15) is 0 Å². The minimum Gasteiger partial charge on any atom is -0.391 e. The number of aliphatic hydroxyl groups is 1. The average Bonchev–Trinajstić information content (AvgIpc) is 1.32. The van der Waals surface area contributed by atoms with Crippen LogP contribution in [0.3, 0.4) is 0 Å². The lowest BCUT2D eigenvalue weighted by atomic mass is 9.97. The van der Waals surface area contributed by atoms with Crippen molar-refractivity contribution in [2.75, 3.05) is 68.5 Å². The molecule has 560 valence electrons. The summed E-state index contributed by atoms with van der Waals surface area (Å²) in [5.41, 5.74) is 1.78. The third kappa shape index (κ3) is 23.7. The van der Waals surface area contributed by atoms with Crippen LogP contribution in [-0.4, -0.2) is 251 Å². The molecule has 0 saturated carbocycles. The molecular weight excluding hydrogens is 1310 g/mol. The Morgan fingerprint density at radius 1 is 0.539 bits per heavy atom. The van der Waals surface area contributed by atoms with Crippen LogP contribution in [0.1, 0.15) is 124 Å². The van der Waals surface area contributed by atoms with E-state index in [1.165, 1.54) is 54.1 Å². The molecule has 27 heteroatoms. The van der Waals surface area contributed by atoms with E-state index in [1.807, 2.05) is 13.8 Å². The van der Waals surface area contributed by atoms with Gasteiger partial charge in [0.1, 0.15) is 60.4 Å². The van der Waals surface area contributed by atoms with Crippen LogP contribution in [0, 0.1) is 23.7 Å². The van der Waals surface area contributed by atoms with Crippen LogP contribution >= 0.6 is 0 Å². The average molecular weight is 1420 g/mol. The number of likely N-dealkylation sites (N-methyl/N-ethyl adjacent to an activating group) is 6. The van der Waals surface area contributed by atoms with Gasteiger partial charge in [-0.05, 0) is 86.3 Å². The van der Waals surface area contributed by atoms with E-state index in [9.17, 15) is 53.1 Å². The quantitative estimate of drug-likeness (QED) is 0.0960. The van der Waals surface area contributed by atoms with Crippen LogP contribution in [0.5, 0.6) is 0 Å². The van der Waals surface area contributed by atoms with Gasteiger partial charge in [0.05, 0.1) is 25.6 Å². The lowest BCUT2D eigenvalue weighted by Crippen LogP contribution is -2.62. The van der Waals surface area contributed by atoms with E-state index in [4.69, 9.17) is 0 Å². The van der Waals surface area contributed by atoms with Crippen molar-refractivity contribution in [3.63, 3.8) is 0 Å². The van der Waals surface area contributed by atoms with Gasteiger partial charge in [0.2, 0.25) is 76.8 Å². The predicted octanol–water partition coefficient (Wildman–Crippen LogP) is 2.07. The van der Waals surface area contributed by atoms with Crippen molar-refractivity contribution < 1.29 is 67.4 Å². The van der Waals surface area contributed by atoms with Gasteiger partial charge in [-0.15, -0.1) is 0 Å². The summed E-state index contributed by atoms with van der Waals surface area (Å²) in [4.78, 5) is 200. The van der Waals surface area contributed by atoms with Crippen molar-refractivity contribution in [3.05, 3.63) is 108 Å². The number of likely N-dealkylation sites (tertiary alicyclic amines) is 1. The molecule has 0 aliphatic carbocycles. The number of carbonyl (C=O) groups is 13. The molecule has 11 atom stereocenters. The van der Waals surface area contributed by atoms with Gasteiger partial charge in [-0.25, -0.2) is 0 Å². The van der Waals surface area contributed by atoms with Crippen LogP contribution in [-0.2, 0) is 81.6 Å². The second kappa shape index (κ2) is 39.2. The summed E-state index contributed by atoms with van der Waals surface area (Å²) >= 11 is 0. The SMILES string of the molecule is CC(C)C[C@H]1C(=O)N[C@@H]([C@@H](C)O)C(=O)N(C)[C@@H](Cc2ccccc2)C(=O)N(C)[C@@H](CC(C)C)C(=O)NCC(=O)N(C)[C@@H](C(C)C)C(=O)N[C@@H](Cc2ccccc2)C(=O)N[C@H](C(=O)N(C)[C@@H](Cc2ccccc2)C(=O)N[C@@H](C)C(=O)N2CCCCC2)CC(=O)N(C)CC(=O)N[C@@H](C(C)C)C(=O)N1C. The number of piperidine rings is 1. The topological polar surface area (TPSA) is 337 Å². The lowest BCUT2D eigenvalue weighted by molar-refractivity contribution is -0.151. The summed E-state index contributed by atoms with van der Waals surface area (Å²) < 4.78 is 0. The van der Waals surface area contributed by atoms with Crippen molar-refractivity contribution in [2.45, 2.75) is 194 Å². The largest absolute Gasteiger partial charge is 0.391 e. The first-order valence-corrected chi connectivity index (χ1v) is 35.5. The van der Waals surface area contributed by atoms with Crippen LogP contribution < -0.4 is 31.9 Å². The van der Waals surface area contributed by atoms with Gasteiger partial charge in [-0.1, -0.05) is 146 Å². The van der Waals surface area contributed by atoms with Gasteiger partial charge in [-0.3, -0.25) is 62.3 Å². The molecular formula is C75H111N13O14. The van der Waals surface area contributed by atoms with E-state index in [0.29, 0.717) is 29.8 Å². The summed E-state index contributed by atoms with van der Waals surface area (Å²) in [7, 11) is 8.02. The predicted molar refractivity (Wildman–Crippen MR) is 385 cm³/mol. The van der Waals surface area contributed by atoms with Crippen LogP contribution in [0.15, 0.2) is 91.0 Å². The molecule has 27 nitrogen and oxygen atoms in total. The van der Waals surface area contributed by atoms with Gasteiger partial charge >= 0.3 is 0 Å². The molecule has 3 aromatic carbocycles. The summed E-state index contributed by atoms with van der Waals surface area (Å²) in [5.74, 6) is -11.9. The highest BCUT2D eigenvalue weighted by Crippen LogP contribution is 2.22. The van der Waals surface area contributed by atoms with Crippen LogP contribution in [0.25, 0.3) is 0 Å². The summed E-state index contributed by atoms with van der Waals surface area (Å²) in [6.07, 6.45) is -0.143. The number of hydrogen-bond acceptors (Lipinski definition) is 14. The Morgan fingerprint density at radius 2 is 1.04 bits per heavy atom. The van der Waals surface area contributed by atoms with E-state index >= 15 is 14.4 Å². The fraction of sp³-hybridized carbons (Fsp3) is 0.587. The summed E-state index contributed by atoms with van der Waals surface area (Å²) in [6, 6.07) is 12.1. The summed E-state index contributed by atoms with van der Waals surface area (Å²) in [5, 5.41) is 27.7. The smallest absolute Gasteiger partial charge is 0.248 e. The molecule has 3 aromatic rings. The Balaban J connectivity index is 1.65.